The molecule has 0 bridgehead atoms. The Kier molecular flexibility index (Phi) is 4.74. The lowest BCUT2D eigenvalue weighted by Crippen LogP contribution is -2.41. The first kappa shape index (κ1) is 15.2. The SMILES string of the molecule is O=C(O)[C@@H]1C[C@H](O)CN1C(=O)CCOc1ccccc1F. The number of para-hydroxylation sites is 1. The standard InChI is InChI=1S/C14H16FNO5/c15-10-3-1-2-4-12(10)21-6-5-13(18)16-8-9(17)7-11(16)14(19)20/h1-4,9,11,17H,5-8H2,(H,19,20)/t9-,11-/m0/s1. The molecule has 2 rings (SSSR count). The summed E-state index contributed by atoms with van der Waals surface area (Å²) in [6.07, 6.45) is -0.886. The Bertz CT molecular complexity index is 536. The van der Waals surface area contributed by atoms with Crippen molar-refractivity contribution in [2.45, 2.75) is 25.0 Å². The van der Waals surface area contributed by atoms with Crippen LogP contribution in [-0.2, 0) is 9.59 Å². The Labute approximate surface area is 120 Å². The van der Waals surface area contributed by atoms with Gasteiger partial charge in [0.2, 0.25) is 5.91 Å². The maximum absolute atomic E-state index is 13.3. The fourth-order valence-electron chi connectivity index (χ4n) is 2.28. The van der Waals surface area contributed by atoms with Crippen LogP contribution in [0.3, 0.4) is 0 Å². The average molecular weight is 297 g/mol. The minimum atomic E-state index is -1.14. The van der Waals surface area contributed by atoms with Crippen LogP contribution in [0.2, 0.25) is 0 Å². The van der Waals surface area contributed by atoms with E-state index in [1.807, 2.05) is 0 Å². The van der Waals surface area contributed by atoms with E-state index in [2.05, 4.69) is 0 Å². The molecular weight excluding hydrogens is 281 g/mol. The maximum atomic E-state index is 13.3. The molecule has 1 aromatic rings. The number of benzene rings is 1. The zero-order valence-electron chi connectivity index (χ0n) is 11.2. The average Bonchev–Trinajstić information content (AvgIpc) is 2.83. The highest BCUT2D eigenvalue weighted by atomic mass is 19.1. The Hall–Kier alpha value is -2.15. The third-order valence-corrected chi connectivity index (χ3v) is 3.29. The van der Waals surface area contributed by atoms with Crippen molar-refractivity contribution >= 4 is 11.9 Å². The molecule has 0 spiro atoms. The summed E-state index contributed by atoms with van der Waals surface area (Å²) in [6.45, 7) is -0.0613. The zero-order chi connectivity index (χ0) is 15.4. The van der Waals surface area contributed by atoms with Gasteiger partial charge in [-0.2, -0.15) is 0 Å². The molecule has 6 nitrogen and oxygen atoms in total. The van der Waals surface area contributed by atoms with Crippen LogP contribution in [0.5, 0.6) is 5.75 Å². The van der Waals surface area contributed by atoms with E-state index < -0.39 is 29.8 Å². The Balaban J connectivity index is 1.87. The summed E-state index contributed by atoms with van der Waals surface area (Å²) in [5.74, 6) is -2.06. The third-order valence-electron chi connectivity index (χ3n) is 3.29. The molecule has 7 heteroatoms. The molecule has 1 amide bonds. The number of hydrogen-bond donors (Lipinski definition) is 2. The van der Waals surface area contributed by atoms with Crippen LogP contribution >= 0.6 is 0 Å². The van der Waals surface area contributed by atoms with Gasteiger partial charge in [0.25, 0.3) is 0 Å². The van der Waals surface area contributed by atoms with Crippen LogP contribution in [0.1, 0.15) is 12.8 Å². The predicted octanol–water partition coefficient (Wildman–Crippen LogP) is 0.641. The summed E-state index contributed by atoms with van der Waals surface area (Å²) in [5.41, 5.74) is 0. The number of halogens is 1. The van der Waals surface area contributed by atoms with E-state index in [1.54, 1.807) is 6.07 Å². The smallest absolute Gasteiger partial charge is 0.326 e. The molecule has 2 N–H and O–H groups in total. The molecule has 0 aliphatic carbocycles. The van der Waals surface area contributed by atoms with E-state index in [0.717, 1.165) is 4.90 Å². The van der Waals surface area contributed by atoms with Gasteiger partial charge in [-0.3, -0.25) is 4.79 Å². The molecule has 1 fully saturated rings. The van der Waals surface area contributed by atoms with Gasteiger partial charge < -0.3 is 19.8 Å². The van der Waals surface area contributed by atoms with Crippen molar-refractivity contribution in [1.82, 2.24) is 4.90 Å². The van der Waals surface area contributed by atoms with Crippen molar-refractivity contribution in [2.75, 3.05) is 13.2 Å². The topological polar surface area (TPSA) is 87.1 Å². The van der Waals surface area contributed by atoms with E-state index in [9.17, 15) is 19.1 Å². The van der Waals surface area contributed by atoms with Gasteiger partial charge in [0.05, 0.1) is 19.1 Å². The molecule has 1 saturated heterocycles. The number of likely N-dealkylation sites (tertiary alicyclic amines) is 1. The molecule has 2 atom stereocenters. The quantitative estimate of drug-likeness (QED) is 0.833. The number of carbonyl (C=O) groups excluding carboxylic acids is 1. The van der Waals surface area contributed by atoms with Crippen LogP contribution < -0.4 is 4.74 Å². The summed E-state index contributed by atoms with van der Waals surface area (Å²) >= 11 is 0. The Morgan fingerprint density at radius 3 is 2.76 bits per heavy atom. The molecule has 0 aromatic heterocycles. The van der Waals surface area contributed by atoms with E-state index in [4.69, 9.17) is 9.84 Å². The van der Waals surface area contributed by atoms with Crippen LogP contribution in [0.15, 0.2) is 24.3 Å². The van der Waals surface area contributed by atoms with Gasteiger partial charge in [0.1, 0.15) is 6.04 Å². The van der Waals surface area contributed by atoms with Gasteiger partial charge in [-0.05, 0) is 12.1 Å². The number of aliphatic carboxylic acids is 1. The number of ether oxygens (including phenoxy) is 1. The van der Waals surface area contributed by atoms with Gasteiger partial charge in [-0.15, -0.1) is 0 Å². The number of aliphatic hydroxyl groups excluding tert-OH is 1. The number of hydrogen-bond acceptors (Lipinski definition) is 4. The molecule has 1 aliphatic rings. The summed E-state index contributed by atoms with van der Waals surface area (Å²) in [7, 11) is 0. The largest absolute Gasteiger partial charge is 0.490 e. The second kappa shape index (κ2) is 6.53. The van der Waals surface area contributed by atoms with Crippen molar-refractivity contribution in [1.29, 1.82) is 0 Å². The molecule has 21 heavy (non-hydrogen) atoms. The first-order valence-corrected chi connectivity index (χ1v) is 6.56. The maximum Gasteiger partial charge on any atom is 0.326 e. The normalized spacial score (nSPS) is 21.3. The first-order valence-electron chi connectivity index (χ1n) is 6.56. The zero-order valence-corrected chi connectivity index (χ0v) is 11.2. The summed E-state index contributed by atoms with van der Waals surface area (Å²) in [6, 6.07) is 4.81. The van der Waals surface area contributed by atoms with Gasteiger partial charge in [0.15, 0.2) is 11.6 Å². The Morgan fingerprint density at radius 2 is 2.10 bits per heavy atom. The summed E-state index contributed by atoms with van der Waals surface area (Å²) in [4.78, 5) is 24.1. The van der Waals surface area contributed by atoms with Crippen LogP contribution in [0.25, 0.3) is 0 Å². The number of rotatable bonds is 5. The fraction of sp³-hybridized carbons (Fsp3) is 0.429. The van der Waals surface area contributed by atoms with Gasteiger partial charge in [-0.25, -0.2) is 9.18 Å². The number of carboxylic acids is 1. The number of aliphatic hydroxyl groups is 1. The highest BCUT2D eigenvalue weighted by Gasteiger charge is 2.38. The molecule has 114 valence electrons. The van der Waals surface area contributed by atoms with Crippen molar-refractivity contribution in [3.05, 3.63) is 30.1 Å². The lowest BCUT2D eigenvalue weighted by atomic mass is 10.2. The van der Waals surface area contributed by atoms with Gasteiger partial charge in [0, 0.05) is 13.0 Å². The second-order valence-electron chi connectivity index (χ2n) is 4.82. The highest BCUT2D eigenvalue weighted by molar-refractivity contribution is 5.84. The second-order valence-corrected chi connectivity index (χ2v) is 4.82. The van der Waals surface area contributed by atoms with Crippen molar-refractivity contribution in [3.8, 4) is 5.75 Å². The van der Waals surface area contributed by atoms with Crippen molar-refractivity contribution < 1.29 is 28.9 Å². The number of nitrogens with zero attached hydrogens (tertiary/aromatic N) is 1. The summed E-state index contributed by atoms with van der Waals surface area (Å²) in [5, 5.41) is 18.5. The number of carbonyl (C=O) groups is 2. The van der Waals surface area contributed by atoms with Gasteiger partial charge >= 0.3 is 5.97 Å². The van der Waals surface area contributed by atoms with Gasteiger partial charge in [-0.1, -0.05) is 12.1 Å². The molecule has 1 aromatic carbocycles. The summed E-state index contributed by atoms with van der Waals surface area (Å²) < 4.78 is 18.5. The van der Waals surface area contributed by atoms with E-state index in [1.165, 1.54) is 18.2 Å². The van der Waals surface area contributed by atoms with Crippen LogP contribution in [0, 0.1) is 5.82 Å². The Morgan fingerprint density at radius 1 is 1.38 bits per heavy atom. The fourth-order valence-corrected chi connectivity index (χ4v) is 2.28. The number of amides is 1. The van der Waals surface area contributed by atoms with E-state index in [-0.39, 0.29) is 31.7 Å². The van der Waals surface area contributed by atoms with Crippen LogP contribution in [-0.4, -0.2) is 52.3 Å². The van der Waals surface area contributed by atoms with E-state index >= 15 is 0 Å². The lowest BCUT2D eigenvalue weighted by Gasteiger charge is -2.21. The highest BCUT2D eigenvalue weighted by Crippen LogP contribution is 2.20. The first-order chi connectivity index (χ1) is 9.99. The monoisotopic (exact) mass is 297 g/mol. The molecule has 1 heterocycles. The van der Waals surface area contributed by atoms with E-state index in [0.29, 0.717) is 0 Å². The number of carboxylic acid groups (broad SMARTS) is 1. The number of β-amino-alcohol motifs (C(OH)–C–C–N with tert-alkyl or cyclic N) is 1. The minimum Gasteiger partial charge on any atom is -0.490 e. The third kappa shape index (κ3) is 3.69. The minimum absolute atomic E-state index is 0.00447. The van der Waals surface area contributed by atoms with Crippen LogP contribution in [0.4, 0.5) is 4.39 Å². The molecule has 0 radical (unpaired) electrons. The molecule has 0 unspecified atom stereocenters. The predicted molar refractivity (Wildman–Crippen MR) is 70.3 cm³/mol. The molecule has 1 aliphatic heterocycles. The van der Waals surface area contributed by atoms with Crippen molar-refractivity contribution in [2.24, 2.45) is 0 Å². The molecule has 0 saturated carbocycles. The lowest BCUT2D eigenvalue weighted by molar-refractivity contribution is -0.148. The molecular formula is C14H16FNO5. The van der Waals surface area contributed by atoms with Crippen molar-refractivity contribution in [3.63, 3.8) is 0 Å².